The van der Waals surface area contributed by atoms with Crippen molar-refractivity contribution in [2.45, 2.75) is 6.18 Å². The van der Waals surface area contributed by atoms with Gasteiger partial charge in [-0.15, -0.1) is 0 Å². The summed E-state index contributed by atoms with van der Waals surface area (Å²) >= 11 is 0.824. The Balaban J connectivity index is 3.17. The van der Waals surface area contributed by atoms with Crippen molar-refractivity contribution in [3.63, 3.8) is 0 Å². The van der Waals surface area contributed by atoms with Gasteiger partial charge in [0.2, 0.25) is 0 Å². The summed E-state index contributed by atoms with van der Waals surface area (Å²) in [6, 6.07) is 4.76. The Labute approximate surface area is 119 Å². The summed E-state index contributed by atoms with van der Waals surface area (Å²) in [6.07, 6.45) is -4.85. The molecule has 0 aliphatic carbocycles. The molecule has 5 nitrogen and oxygen atoms in total. The predicted octanol–water partition coefficient (Wildman–Crippen LogP) is 2.66. The standard InChI is InChI=1S/C9H7F3INO4S/c1-17-7-4-2-6(3-5-7)8(9(10,11)12)14-18-19(13,15)16/h2-5H,1H3. The molecule has 0 atom stereocenters. The molecular formula is C9H7F3INO4S. The molecule has 0 fully saturated rings. The number of hydrogen-bond donors (Lipinski definition) is 0. The zero-order valence-electron chi connectivity index (χ0n) is 9.31. The van der Waals surface area contributed by atoms with E-state index in [2.05, 4.69) is 9.44 Å². The normalized spacial score (nSPS) is 13.2. The molecule has 0 saturated heterocycles. The lowest BCUT2D eigenvalue weighted by Crippen LogP contribution is -2.24. The van der Waals surface area contributed by atoms with E-state index in [9.17, 15) is 21.6 Å². The second kappa shape index (κ2) is 5.94. The second-order valence-electron chi connectivity index (χ2n) is 3.13. The molecule has 0 spiro atoms. The number of alkyl halides is 3. The molecule has 1 rings (SSSR count). The molecule has 0 N–H and O–H groups in total. The van der Waals surface area contributed by atoms with E-state index in [0.717, 1.165) is 33.3 Å². The first-order valence-electron chi connectivity index (χ1n) is 4.56. The van der Waals surface area contributed by atoms with Gasteiger partial charge in [0.1, 0.15) is 27.0 Å². The van der Waals surface area contributed by atoms with Crippen LogP contribution in [-0.4, -0.2) is 27.4 Å². The minimum atomic E-state index is -4.85. The van der Waals surface area contributed by atoms with Crippen LogP contribution in [0.4, 0.5) is 13.2 Å². The monoisotopic (exact) mass is 409 g/mol. The van der Waals surface area contributed by atoms with Gasteiger partial charge in [-0.1, -0.05) is 5.16 Å². The van der Waals surface area contributed by atoms with Crippen LogP contribution in [0.3, 0.4) is 0 Å². The number of methoxy groups -OCH3 is 1. The maximum absolute atomic E-state index is 12.7. The fourth-order valence-electron chi connectivity index (χ4n) is 1.10. The van der Waals surface area contributed by atoms with Crippen molar-refractivity contribution in [2.24, 2.45) is 5.16 Å². The predicted molar refractivity (Wildman–Crippen MR) is 69.6 cm³/mol. The molecule has 10 heteroatoms. The van der Waals surface area contributed by atoms with Crippen LogP contribution >= 0.6 is 21.2 Å². The first-order chi connectivity index (χ1) is 8.63. The molecule has 0 bridgehead atoms. The third-order valence-corrected chi connectivity index (χ3v) is 2.58. The van der Waals surface area contributed by atoms with Crippen molar-refractivity contribution >= 4 is 34.2 Å². The van der Waals surface area contributed by atoms with Crippen LogP contribution in [0.5, 0.6) is 5.75 Å². The zero-order valence-corrected chi connectivity index (χ0v) is 12.3. The third-order valence-electron chi connectivity index (χ3n) is 1.85. The van der Waals surface area contributed by atoms with E-state index in [1.165, 1.54) is 19.2 Å². The van der Waals surface area contributed by atoms with Gasteiger partial charge in [-0.3, -0.25) is 4.28 Å². The highest BCUT2D eigenvalue weighted by Gasteiger charge is 2.38. The third kappa shape index (κ3) is 5.22. The van der Waals surface area contributed by atoms with E-state index >= 15 is 0 Å². The molecule has 1 aromatic carbocycles. The summed E-state index contributed by atoms with van der Waals surface area (Å²) in [6.45, 7) is 0. The minimum Gasteiger partial charge on any atom is -0.497 e. The molecule has 0 aliphatic heterocycles. The van der Waals surface area contributed by atoms with Gasteiger partial charge < -0.3 is 4.74 Å². The fraction of sp³-hybridized carbons (Fsp3) is 0.222. The zero-order chi connectivity index (χ0) is 14.7. The van der Waals surface area contributed by atoms with Crippen LogP contribution in [0.1, 0.15) is 5.56 Å². The summed E-state index contributed by atoms with van der Waals surface area (Å²) < 4.78 is 68.1. The van der Waals surface area contributed by atoms with Crippen LogP contribution < -0.4 is 4.74 Å². The van der Waals surface area contributed by atoms with E-state index in [1.54, 1.807) is 0 Å². The number of oxime groups is 1. The van der Waals surface area contributed by atoms with Crippen LogP contribution in [-0.2, 0) is 11.6 Å². The van der Waals surface area contributed by atoms with Crippen molar-refractivity contribution in [2.75, 3.05) is 7.11 Å². The van der Waals surface area contributed by atoms with Gasteiger partial charge in [-0.25, -0.2) is 0 Å². The number of benzene rings is 1. The highest BCUT2D eigenvalue weighted by atomic mass is 127. The topological polar surface area (TPSA) is 65.0 Å². The molecule has 1 aromatic rings. The molecule has 0 radical (unpaired) electrons. The summed E-state index contributed by atoms with van der Waals surface area (Å²) in [5.74, 6) is 0.354. The Morgan fingerprint density at radius 3 is 2.16 bits per heavy atom. The van der Waals surface area contributed by atoms with Crippen molar-refractivity contribution in [3.05, 3.63) is 29.8 Å². The Bertz CT molecular complexity index is 568. The van der Waals surface area contributed by atoms with Crippen LogP contribution in [0.25, 0.3) is 0 Å². The van der Waals surface area contributed by atoms with Gasteiger partial charge >= 0.3 is 13.5 Å². The largest absolute Gasteiger partial charge is 0.497 e. The van der Waals surface area contributed by atoms with Gasteiger partial charge in [-0.05, 0) is 24.3 Å². The maximum Gasteiger partial charge on any atom is 0.437 e. The summed E-state index contributed by atoms with van der Waals surface area (Å²) in [4.78, 5) is 0. The smallest absolute Gasteiger partial charge is 0.437 e. The Hall–Kier alpha value is -1.04. The highest BCUT2D eigenvalue weighted by molar-refractivity contribution is 14.2. The van der Waals surface area contributed by atoms with Gasteiger partial charge in [0.05, 0.1) is 7.11 Å². The molecule has 0 aliphatic rings. The Kier molecular flexibility index (Phi) is 5.01. The van der Waals surface area contributed by atoms with Crippen LogP contribution in [0.15, 0.2) is 29.4 Å². The minimum absolute atomic E-state index is 0.339. The average Bonchev–Trinajstić information content (AvgIpc) is 2.26. The molecular weight excluding hydrogens is 402 g/mol. The number of halogens is 4. The van der Waals surface area contributed by atoms with E-state index in [0.29, 0.717) is 5.75 Å². The quantitative estimate of drug-likeness (QED) is 0.332. The maximum atomic E-state index is 12.7. The number of rotatable bonds is 4. The van der Waals surface area contributed by atoms with Crippen LogP contribution in [0, 0.1) is 0 Å². The van der Waals surface area contributed by atoms with Gasteiger partial charge in [0.25, 0.3) is 0 Å². The summed E-state index contributed by atoms with van der Waals surface area (Å²) in [5, 5.41) is 2.65. The summed E-state index contributed by atoms with van der Waals surface area (Å²) in [5.41, 5.74) is -1.79. The second-order valence-corrected chi connectivity index (χ2v) is 7.31. The van der Waals surface area contributed by atoms with Crippen molar-refractivity contribution in [3.8, 4) is 5.75 Å². The van der Waals surface area contributed by atoms with Gasteiger partial charge in [0.15, 0.2) is 5.71 Å². The van der Waals surface area contributed by atoms with Crippen molar-refractivity contribution in [1.82, 2.24) is 0 Å². The van der Waals surface area contributed by atoms with E-state index in [-0.39, 0.29) is 5.56 Å². The first kappa shape index (κ1) is 16.0. The molecule has 0 saturated carbocycles. The number of nitrogens with zero attached hydrogens (tertiary/aromatic N) is 1. The molecule has 0 aromatic heterocycles. The SMILES string of the molecule is COc1ccc(C(=NOS(=O)(=O)I)C(F)(F)F)cc1. The van der Waals surface area contributed by atoms with E-state index < -0.39 is 19.2 Å². The number of hydrogen-bond acceptors (Lipinski definition) is 5. The fourth-order valence-corrected chi connectivity index (χ4v) is 1.50. The van der Waals surface area contributed by atoms with Crippen molar-refractivity contribution < 1.29 is 30.6 Å². The Morgan fingerprint density at radius 2 is 1.79 bits per heavy atom. The molecule has 0 heterocycles. The molecule has 106 valence electrons. The van der Waals surface area contributed by atoms with Crippen molar-refractivity contribution in [1.29, 1.82) is 0 Å². The molecule has 0 amide bonds. The molecule has 19 heavy (non-hydrogen) atoms. The van der Waals surface area contributed by atoms with Gasteiger partial charge in [-0.2, -0.15) is 21.6 Å². The molecule has 0 unspecified atom stereocenters. The lowest BCUT2D eigenvalue weighted by atomic mass is 10.1. The highest BCUT2D eigenvalue weighted by Crippen LogP contribution is 2.25. The van der Waals surface area contributed by atoms with E-state index in [4.69, 9.17) is 4.74 Å². The Morgan fingerprint density at radius 1 is 1.26 bits per heavy atom. The lowest BCUT2D eigenvalue weighted by Gasteiger charge is -2.10. The van der Waals surface area contributed by atoms with Crippen LogP contribution in [0.2, 0.25) is 0 Å². The van der Waals surface area contributed by atoms with Gasteiger partial charge in [0, 0.05) is 5.56 Å². The first-order valence-corrected chi connectivity index (χ1v) is 8.51. The lowest BCUT2D eigenvalue weighted by molar-refractivity contribution is -0.0596. The average molecular weight is 409 g/mol. The van der Waals surface area contributed by atoms with E-state index in [1.807, 2.05) is 0 Å². The summed E-state index contributed by atoms with van der Waals surface area (Å²) in [7, 11) is -2.78. The number of ether oxygens (including phenoxy) is 1.